The van der Waals surface area contributed by atoms with Crippen molar-refractivity contribution in [3.05, 3.63) is 110 Å². The molecule has 10 heteroatoms. The molecule has 0 unspecified atom stereocenters. The number of H-pyrrole nitrogens is 1. The standard InChI is InChI=1S/C27H19Cl2FN4O3/c1-3-21-22(26(36)34(31-21)18-10-11-19(28)20(29)13-18)23-24(32-12-4-5-15(2)14-32)27(37)33(25(23)35)17-8-6-16(30)7-9-17/h4-14H,3H2,1-2H3/p+1. The fourth-order valence-corrected chi connectivity index (χ4v) is 4.63. The van der Waals surface area contributed by atoms with Gasteiger partial charge in [0.2, 0.25) is 0 Å². The highest BCUT2D eigenvalue weighted by Gasteiger charge is 2.48. The molecule has 0 saturated carbocycles. The highest BCUT2D eigenvalue weighted by atomic mass is 35.5. The van der Waals surface area contributed by atoms with Crippen LogP contribution < -0.4 is 15.0 Å². The molecule has 0 saturated heterocycles. The van der Waals surface area contributed by atoms with Gasteiger partial charge < -0.3 is 0 Å². The Balaban J connectivity index is 1.78. The maximum absolute atomic E-state index is 13.9. The number of imide groups is 1. The van der Waals surface area contributed by atoms with Crippen LogP contribution in [-0.4, -0.2) is 21.6 Å². The number of aryl methyl sites for hydroxylation is 2. The molecule has 1 aliphatic heterocycles. The average molecular weight is 538 g/mol. The number of amides is 2. The summed E-state index contributed by atoms with van der Waals surface area (Å²) in [6.07, 6.45) is 3.70. The van der Waals surface area contributed by atoms with Crippen molar-refractivity contribution in [3.8, 4) is 5.69 Å². The summed E-state index contributed by atoms with van der Waals surface area (Å²) in [5, 5.41) is 3.63. The van der Waals surface area contributed by atoms with Crippen LogP contribution in [0.1, 0.15) is 23.7 Å². The molecule has 0 bridgehead atoms. The van der Waals surface area contributed by atoms with Crippen molar-refractivity contribution in [2.24, 2.45) is 0 Å². The second-order valence-electron chi connectivity index (χ2n) is 8.49. The smallest absolute Gasteiger partial charge is 0.294 e. The molecule has 2 amide bonds. The number of carbonyl (C=O) groups excluding carboxylic acids is 2. The molecule has 7 nitrogen and oxygen atoms in total. The van der Waals surface area contributed by atoms with Crippen molar-refractivity contribution >= 4 is 52.0 Å². The highest BCUT2D eigenvalue weighted by Crippen LogP contribution is 2.34. The summed E-state index contributed by atoms with van der Waals surface area (Å²) in [5.74, 6) is -1.83. The van der Waals surface area contributed by atoms with E-state index >= 15 is 0 Å². The van der Waals surface area contributed by atoms with E-state index in [1.165, 1.54) is 39.6 Å². The second kappa shape index (κ2) is 9.46. The molecule has 2 aromatic carbocycles. The molecule has 3 heterocycles. The first-order valence-electron chi connectivity index (χ1n) is 11.4. The van der Waals surface area contributed by atoms with E-state index in [1.807, 2.05) is 19.9 Å². The summed E-state index contributed by atoms with van der Waals surface area (Å²) in [7, 11) is 0. The number of hydrogen-bond donors (Lipinski definition) is 1. The molecule has 5 rings (SSSR count). The van der Waals surface area contributed by atoms with Gasteiger partial charge in [0.05, 0.1) is 27.0 Å². The third kappa shape index (κ3) is 4.18. The normalized spacial score (nSPS) is 13.7. The first-order valence-corrected chi connectivity index (χ1v) is 12.1. The van der Waals surface area contributed by atoms with Gasteiger partial charge in [0.15, 0.2) is 12.4 Å². The lowest BCUT2D eigenvalue weighted by Gasteiger charge is -2.13. The van der Waals surface area contributed by atoms with Crippen LogP contribution in [0, 0.1) is 12.7 Å². The predicted molar refractivity (Wildman–Crippen MR) is 139 cm³/mol. The second-order valence-corrected chi connectivity index (χ2v) is 9.31. The number of halogens is 3. The number of nitrogens with zero attached hydrogens (tertiary/aromatic N) is 3. The number of rotatable bonds is 5. The highest BCUT2D eigenvalue weighted by molar-refractivity contribution is 6.53. The first-order chi connectivity index (χ1) is 17.7. The molecule has 0 aliphatic carbocycles. The summed E-state index contributed by atoms with van der Waals surface area (Å²) in [4.78, 5) is 42.4. The van der Waals surface area contributed by atoms with Gasteiger partial charge in [-0.2, -0.15) is 4.57 Å². The summed E-state index contributed by atoms with van der Waals surface area (Å²) in [5.41, 5.74) is 1.41. The Labute approximate surface area is 221 Å². The van der Waals surface area contributed by atoms with E-state index in [1.54, 1.807) is 30.6 Å². The maximum Gasteiger partial charge on any atom is 0.331 e. The minimum Gasteiger partial charge on any atom is -0.294 e. The van der Waals surface area contributed by atoms with E-state index < -0.39 is 23.2 Å². The van der Waals surface area contributed by atoms with Gasteiger partial charge in [-0.1, -0.05) is 30.1 Å². The molecule has 4 aromatic rings. The van der Waals surface area contributed by atoms with Crippen molar-refractivity contribution < 1.29 is 18.5 Å². The number of anilines is 1. The van der Waals surface area contributed by atoms with Crippen molar-refractivity contribution in [2.75, 3.05) is 4.90 Å². The number of aromatic amines is 1. The number of carbonyl (C=O) groups is 2. The van der Waals surface area contributed by atoms with Gasteiger partial charge in [0.25, 0.3) is 17.2 Å². The van der Waals surface area contributed by atoms with Crippen LogP contribution >= 0.6 is 23.2 Å². The third-order valence-corrected chi connectivity index (χ3v) is 6.82. The van der Waals surface area contributed by atoms with E-state index in [9.17, 15) is 18.8 Å². The molecule has 0 fully saturated rings. The predicted octanol–water partition coefficient (Wildman–Crippen LogP) is 4.71. The van der Waals surface area contributed by atoms with E-state index in [-0.39, 0.29) is 27.5 Å². The molecule has 2 aromatic heterocycles. The van der Waals surface area contributed by atoms with E-state index in [4.69, 9.17) is 23.2 Å². The van der Waals surface area contributed by atoms with Gasteiger partial charge in [0, 0.05) is 17.3 Å². The quantitative estimate of drug-likeness (QED) is 0.295. The van der Waals surface area contributed by atoms with Gasteiger partial charge >= 0.3 is 5.91 Å². The lowest BCUT2D eigenvalue weighted by molar-refractivity contribution is -0.577. The fourth-order valence-electron chi connectivity index (χ4n) is 4.34. The van der Waals surface area contributed by atoms with Gasteiger partial charge in [-0.25, -0.2) is 14.0 Å². The van der Waals surface area contributed by atoms with Crippen molar-refractivity contribution in [1.82, 2.24) is 9.78 Å². The molecule has 0 spiro atoms. The van der Waals surface area contributed by atoms with Crippen LogP contribution in [0.4, 0.5) is 10.1 Å². The molecule has 1 N–H and O–H groups in total. The topological polar surface area (TPSA) is 79.1 Å². The number of hydrogen-bond acceptors (Lipinski definition) is 3. The molecular formula is C27H20Cl2FN4O3+. The Morgan fingerprint density at radius 1 is 0.946 bits per heavy atom. The summed E-state index contributed by atoms with van der Waals surface area (Å²) < 4.78 is 16.4. The zero-order valence-corrected chi connectivity index (χ0v) is 21.3. The van der Waals surface area contributed by atoms with Crippen molar-refractivity contribution in [2.45, 2.75) is 20.3 Å². The molecular weight excluding hydrogens is 518 g/mol. The SMILES string of the molecule is CCc1[nH]n(-c2ccc(Cl)c(Cl)c2)c(=O)c1C1=C([n+]2cccc(C)c2)C(=O)N(c2ccc(F)cc2)C1=O. The lowest BCUT2D eigenvalue weighted by Crippen LogP contribution is -2.39. The van der Waals surface area contributed by atoms with Gasteiger partial charge in [-0.05, 0) is 61.9 Å². The number of aromatic nitrogens is 3. The Hall–Kier alpha value is -4.01. The molecule has 0 atom stereocenters. The fraction of sp³-hybridized carbons (Fsp3) is 0.111. The number of nitrogens with one attached hydrogen (secondary N) is 1. The van der Waals surface area contributed by atoms with E-state index in [0.717, 1.165) is 10.5 Å². The Morgan fingerprint density at radius 3 is 2.30 bits per heavy atom. The summed E-state index contributed by atoms with van der Waals surface area (Å²) in [6, 6.07) is 13.3. The van der Waals surface area contributed by atoms with Crippen LogP contribution in [0.25, 0.3) is 17.0 Å². The Morgan fingerprint density at radius 2 is 1.65 bits per heavy atom. The summed E-state index contributed by atoms with van der Waals surface area (Å²) >= 11 is 12.2. The monoisotopic (exact) mass is 537 g/mol. The van der Waals surface area contributed by atoms with Crippen LogP contribution in [0.5, 0.6) is 0 Å². The van der Waals surface area contributed by atoms with Crippen LogP contribution in [0.3, 0.4) is 0 Å². The number of benzene rings is 2. The van der Waals surface area contributed by atoms with Gasteiger partial charge in [-0.3, -0.25) is 19.5 Å². The third-order valence-electron chi connectivity index (χ3n) is 6.08. The zero-order valence-electron chi connectivity index (χ0n) is 19.8. The average Bonchev–Trinajstić information content (AvgIpc) is 3.33. The molecule has 186 valence electrons. The number of pyridine rings is 1. The summed E-state index contributed by atoms with van der Waals surface area (Å²) in [6.45, 7) is 3.67. The van der Waals surface area contributed by atoms with Gasteiger partial charge in [0.1, 0.15) is 11.4 Å². The van der Waals surface area contributed by atoms with Crippen LogP contribution in [0.15, 0.2) is 71.8 Å². The lowest BCUT2D eigenvalue weighted by atomic mass is 10.0. The van der Waals surface area contributed by atoms with E-state index in [0.29, 0.717) is 22.8 Å². The van der Waals surface area contributed by atoms with Crippen LogP contribution in [-0.2, 0) is 16.0 Å². The molecule has 1 aliphatic rings. The minimum absolute atomic E-state index is 0.0186. The van der Waals surface area contributed by atoms with Crippen molar-refractivity contribution in [3.63, 3.8) is 0 Å². The first kappa shape index (κ1) is 24.7. The maximum atomic E-state index is 13.9. The Bertz CT molecular complexity index is 1670. The zero-order chi connectivity index (χ0) is 26.4. The van der Waals surface area contributed by atoms with Crippen LogP contribution in [0.2, 0.25) is 10.0 Å². The Kier molecular flexibility index (Phi) is 6.31. The van der Waals surface area contributed by atoms with Crippen molar-refractivity contribution in [1.29, 1.82) is 0 Å². The minimum atomic E-state index is -0.687. The molecule has 37 heavy (non-hydrogen) atoms. The van der Waals surface area contributed by atoms with Gasteiger partial charge in [-0.15, -0.1) is 0 Å². The van der Waals surface area contributed by atoms with E-state index in [2.05, 4.69) is 5.10 Å². The largest absolute Gasteiger partial charge is 0.331 e. The molecule has 0 radical (unpaired) electrons.